The Morgan fingerprint density at radius 3 is 2.76 bits per heavy atom. The van der Waals surface area contributed by atoms with E-state index in [0.29, 0.717) is 21.9 Å². The third-order valence-corrected chi connectivity index (χ3v) is 5.80. The summed E-state index contributed by atoms with van der Waals surface area (Å²) in [6.45, 7) is 4.33. The van der Waals surface area contributed by atoms with Crippen molar-refractivity contribution in [1.82, 2.24) is 9.97 Å². The number of hydrogen-bond acceptors (Lipinski definition) is 4. The Hall–Kier alpha value is -3.12. The Morgan fingerprint density at radius 1 is 1.10 bits per heavy atom. The molecule has 0 unspecified atom stereocenters. The summed E-state index contributed by atoms with van der Waals surface area (Å²) in [5.74, 6) is -0.380. The molecule has 4 rings (SSSR count). The van der Waals surface area contributed by atoms with Crippen LogP contribution in [0.2, 0.25) is 0 Å². The summed E-state index contributed by atoms with van der Waals surface area (Å²) in [6, 6.07) is 16.2. The van der Waals surface area contributed by atoms with Crippen molar-refractivity contribution in [1.29, 1.82) is 0 Å². The van der Waals surface area contributed by atoms with E-state index in [1.165, 1.54) is 23.5 Å². The average Bonchev–Trinajstić information content (AvgIpc) is 3.12. The molecule has 2 aromatic heterocycles. The van der Waals surface area contributed by atoms with E-state index < -0.39 is 0 Å². The predicted octanol–water partition coefficient (Wildman–Crippen LogP) is 5.22. The van der Waals surface area contributed by atoms with Crippen LogP contribution in [0.4, 0.5) is 9.52 Å². The zero-order chi connectivity index (χ0) is 20.4. The lowest BCUT2D eigenvalue weighted by molar-refractivity contribution is -0.118. The molecule has 0 spiro atoms. The van der Waals surface area contributed by atoms with Crippen LogP contribution in [-0.4, -0.2) is 15.9 Å². The van der Waals surface area contributed by atoms with E-state index in [0.717, 1.165) is 22.4 Å². The summed E-state index contributed by atoms with van der Waals surface area (Å²) < 4.78 is 14.3. The Labute approximate surface area is 172 Å². The highest BCUT2D eigenvalue weighted by Gasteiger charge is 2.22. The number of thiazole rings is 1. The minimum absolute atomic E-state index is 0.0659. The summed E-state index contributed by atoms with van der Waals surface area (Å²) >= 11 is 1.31. The van der Waals surface area contributed by atoms with Gasteiger partial charge in [-0.25, -0.2) is 9.37 Å². The molecule has 2 aromatic carbocycles. The molecule has 0 atom stereocenters. The molecule has 0 bridgehead atoms. The molecule has 1 amide bonds. The number of benzene rings is 2. The molecule has 0 aliphatic heterocycles. The van der Waals surface area contributed by atoms with Gasteiger partial charge in [0, 0.05) is 6.20 Å². The van der Waals surface area contributed by atoms with Crippen LogP contribution < -0.4 is 4.90 Å². The fourth-order valence-electron chi connectivity index (χ4n) is 3.17. The third-order valence-electron chi connectivity index (χ3n) is 4.76. The van der Waals surface area contributed by atoms with E-state index in [2.05, 4.69) is 9.97 Å². The van der Waals surface area contributed by atoms with Crippen LogP contribution in [0.25, 0.3) is 10.2 Å². The van der Waals surface area contributed by atoms with Crippen molar-refractivity contribution in [3.05, 3.63) is 89.0 Å². The number of hydrogen-bond donors (Lipinski definition) is 0. The highest BCUT2D eigenvalue weighted by atomic mass is 32.1. The zero-order valence-corrected chi connectivity index (χ0v) is 17.0. The van der Waals surface area contributed by atoms with E-state index in [-0.39, 0.29) is 18.1 Å². The number of pyridine rings is 1. The van der Waals surface area contributed by atoms with Crippen molar-refractivity contribution < 1.29 is 9.18 Å². The number of carbonyl (C=O) groups excluding carboxylic acids is 1. The van der Waals surface area contributed by atoms with E-state index in [1.807, 2.05) is 50.2 Å². The second-order valence-electron chi connectivity index (χ2n) is 7.02. The molecule has 0 saturated carbocycles. The number of aromatic nitrogens is 2. The molecule has 146 valence electrons. The first-order valence-corrected chi connectivity index (χ1v) is 10.1. The first-order valence-electron chi connectivity index (χ1n) is 9.32. The SMILES string of the molecule is Cc1ccc(C)c(CC(=O)N(Cc2ccccn2)c2nc3ccc(F)cc3s2)c1. The Kier molecular flexibility index (Phi) is 5.36. The number of aryl methyl sites for hydroxylation is 2. The minimum atomic E-state index is -0.314. The maximum Gasteiger partial charge on any atom is 0.233 e. The Bertz CT molecular complexity index is 1170. The zero-order valence-electron chi connectivity index (χ0n) is 16.2. The lowest BCUT2D eigenvalue weighted by Gasteiger charge is -2.20. The summed E-state index contributed by atoms with van der Waals surface area (Å²) in [7, 11) is 0. The normalized spacial score (nSPS) is 11.0. The van der Waals surface area contributed by atoms with Gasteiger partial charge in [-0.05, 0) is 55.3 Å². The lowest BCUT2D eigenvalue weighted by atomic mass is 10.0. The van der Waals surface area contributed by atoms with Crippen LogP contribution in [0.3, 0.4) is 0 Å². The van der Waals surface area contributed by atoms with Gasteiger partial charge in [0.25, 0.3) is 0 Å². The molecule has 0 aliphatic carbocycles. The van der Waals surface area contributed by atoms with Crippen molar-refractivity contribution >= 4 is 32.6 Å². The van der Waals surface area contributed by atoms with Gasteiger partial charge in [0.1, 0.15) is 5.82 Å². The van der Waals surface area contributed by atoms with Gasteiger partial charge in [-0.3, -0.25) is 14.7 Å². The highest BCUT2D eigenvalue weighted by molar-refractivity contribution is 7.22. The van der Waals surface area contributed by atoms with E-state index >= 15 is 0 Å². The Balaban J connectivity index is 1.70. The molecular formula is C23H20FN3OS. The number of fused-ring (bicyclic) bond motifs is 1. The highest BCUT2D eigenvalue weighted by Crippen LogP contribution is 2.31. The van der Waals surface area contributed by atoms with Crippen LogP contribution in [0.15, 0.2) is 60.8 Å². The summed E-state index contributed by atoms with van der Waals surface area (Å²) in [5, 5.41) is 0.548. The van der Waals surface area contributed by atoms with Gasteiger partial charge in [0.05, 0.1) is 28.9 Å². The molecule has 0 radical (unpaired) electrons. The summed E-state index contributed by atoms with van der Waals surface area (Å²) in [4.78, 5) is 23.9. The van der Waals surface area contributed by atoms with Gasteiger partial charge in [0.15, 0.2) is 5.13 Å². The number of carbonyl (C=O) groups is 1. The topological polar surface area (TPSA) is 46.1 Å². The van der Waals surface area contributed by atoms with Crippen LogP contribution in [0, 0.1) is 19.7 Å². The predicted molar refractivity (Wildman–Crippen MR) is 115 cm³/mol. The largest absolute Gasteiger partial charge is 0.282 e. The second kappa shape index (κ2) is 8.09. The van der Waals surface area contributed by atoms with E-state index in [4.69, 9.17) is 0 Å². The minimum Gasteiger partial charge on any atom is -0.282 e. The number of rotatable bonds is 5. The molecule has 4 aromatic rings. The molecule has 0 fully saturated rings. The van der Waals surface area contributed by atoms with Crippen LogP contribution in [-0.2, 0) is 17.8 Å². The lowest BCUT2D eigenvalue weighted by Crippen LogP contribution is -2.32. The molecule has 4 nitrogen and oxygen atoms in total. The van der Waals surface area contributed by atoms with Gasteiger partial charge >= 0.3 is 0 Å². The van der Waals surface area contributed by atoms with Crippen molar-refractivity contribution in [3.63, 3.8) is 0 Å². The van der Waals surface area contributed by atoms with E-state index in [1.54, 1.807) is 17.2 Å². The van der Waals surface area contributed by atoms with Gasteiger partial charge in [0.2, 0.25) is 5.91 Å². The average molecular weight is 405 g/mol. The number of halogens is 1. The second-order valence-corrected chi connectivity index (χ2v) is 8.03. The van der Waals surface area contributed by atoms with Crippen molar-refractivity contribution in [3.8, 4) is 0 Å². The first-order chi connectivity index (χ1) is 14.0. The number of nitrogens with zero attached hydrogens (tertiary/aromatic N) is 3. The van der Waals surface area contributed by atoms with Crippen LogP contribution >= 0.6 is 11.3 Å². The molecule has 2 heterocycles. The molecular weight excluding hydrogens is 385 g/mol. The van der Waals surface area contributed by atoms with Gasteiger partial charge in [-0.1, -0.05) is 41.2 Å². The van der Waals surface area contributed by atoms with Crippen LogP contribution in [0.1, 0.15) is 22.4 Å². The smallest absolute Gasteiger partial charge is 0.233 e. The fourth-order valence-corrected chi connectivity index (χ4v) is 4.17. The molecule has 6 heteroatoms. The maximum absolute atomic E-state index is 13.6. The quantitative estimate of drug-likeness (QED) is 0.457. The molecule has 0 N–H and O–H groups in total. The van der Waals surface area contributed by atoms with Gasteiger partial charge < -0.3 is 0 Å². The van der Waals surface area contributed by atoms with Crippen molar-refractivity contribution in [2.75, 3.05) is 4.90 Å². The monoisotopic (exact) mass is 405 g/mol. The number of anilines is 1. The molecule has 0 saturated heterocycles. The summed E-state index contributed by atoms with van der Waals surface area (Å²) in [6.07, 6.45) is 1.97. The third kappa shape index (κ3) is 4.32. The van der Waals surface area contributed by atoms with E-state index in [9.17, 15) is 9.18 Å². The van der Waals surface area contributed by atoms with Crippen molar-refractivity contribution in [2.45, 2.75) is 26.8 Å². The maximum atomic E-state index is 13.6. The first kappa shape index (κ1) is 19.2. The van der Waals surface area contributed by atoms with Crippen molar-refractivity contribution in [2.24, 2.45) is 0 Å². The van der Waals surface area contributed by atoms with Gasteiger partial charge in [-0.2, -0.15) is 0 Å². The fraction of sp³-hybridized carbons (Fsp3) is 0.174. The standard InChI is InChI=1S/C23H20FN3OS/c1-15-6-7-16(2)17(11-15)12-22(28)27(14-19-5-3-4-10-25-19)23-26-20-9-8-18(24)13-21(20)29-23/h3-11,13H,12,14H2,1-2H3. The number of amides is 1. The Morgan fingerprint density at radius 2 is 1.97 bits per heavy atom. The van der Waals surface area contributed by atoms with Crippen LogP contribution in [0.5, 0.6) is 0 Å². The molecule has 0 aliphatic rings. The van der Waals surface area contributed by atoms with Gasteiger partial charge in [-0.15, -0.1) is 0 Å². The summed E-state index contributed by atoms with van der Waals surface area (Å²) in [5.41, 5.74) is 4.63. The molecule has 29 heavy (non-hydrogen) atoms.